The molecule has 1 saturated heterocycles. The van der Waals surface area contributed by atoms with E-state index in [1.807, 2.05) is 38.2 Å². The number of benzene rings is 1. The van der Waals surface area contributed by atoms with Gasteiger partial charge in [0.1, 0.15) is 5.82 Å². The molecule has 0 amide bonds. The van der Waals surface area contributed by atoms with Crippen LogP contribution in [0.2, 0.25) is 0 Å². The Labute approximate surface area is 208 Å². The van der Waals surface area contributed by atoms with E-state index in [9.17, 15) is 0 Å². The van der Waals surface area contributed by atoms with Gasteiger partial charge >= 0.3 is 0 Å². The molecule has 0 unspecified atom stereocenters. The van der Waals surface area contributed by atoms with Crippen LogP contribution in [-0.4, -0.2) is 69.3 Å². The normalized spacial score (nSPS) is 14.5. The van der Waals surface area contributed by atoms with Gasteiger partial charge in [-0.15, -0.1) is 24.0 Å². The highest BCUT2D eigenvalue weighted by atomic mass is 127. The first-order valence-electron chi connectivity index (χ1n) is 10.9. The van der Waals surface area contributed by atoms with E-state index in [1.54, 1.807) is 7.11 Å². The van der Waals surface area contributed by atoms with Gasteiger partial charge in [-0.3, -0.25) is 0 Å². The highest BCUT2D eigenvalue weighted by Crippen LogP contribution is 2.30. The molecular weight excluding hydrogens is 519 g/mol. The summed E-state index contributed by atoms with van der Waals surface area (Å²) in [5, 5.41) is 6.61. The number of aromatic nitrogens is 1. The van der Waals surface area contributed by atoms with Crippen molar-refractivity contribution in [3.8, 4) is 11.5 Å². The predicted octanol–water partition coefficient (Wildman–Crippen LogP) is 3.44. The van der Waals surface area contributed by atoms with E-state index in [4.69, 9.17) is 14.5 Å². The number of rotatable bonds is 8. The number of anilines is 2. The van der Waals surface area contributed by atoms with Crippen molar-refractivity contribution in [1.82, 2.24) is 15.2 Å². The first-order valence-corrected chi connectivity index (χ1v) is 10.9. The zero-order valence-corrected chi connectivity index (χ0v) is 21.8. The van der Waals surface area contributed by atoms with Gasteiger partial charge in [0, 0.05) is 50.7 Å². The number of pyridine rings is 1. The van der Waals surface area contributed by atoms with Crippen molar-refractivity contribution in [2.45, 2.75) is 20.4 Å². The average Bonchev–Trinajstić information content (AvgIpc) is 2.79. The van der Waals surface area contributed by atoms with Gasteiger partial charge in [0.25, 0.3) is 0 Å². The molecular formula is C23H35IN6O2. The van der Waals surface area contributed by atoms with Gasteiger partial charge in [-0.2, -0.15) is 0 Å². The predicted molar refractivity (Wildman–Crippen MR) is 142 cm³/mol. The zero-order valence-electron chi connectivity index (χ0n) is 19.4. The molecule has 1 aromatic carbocycles. The van der Waals surface area contributed by atoms with Gasteiger partial charge in [0.2, 0.25) is 0 Å². The van der Waals surface area contributed by atoms with Crippen LogP contribution in [0.25, 0.3) is 0 Å². The van der Waals surface area contributed by atoms with Crippen molar-refractivity contribution < 1.29 is 9.47 Å². The molecule has 0 radical (unpaired) electrons. The summed E-state index contributed by atoms with van der Waals surface area (Å²) in [5.74, 6) is 3.15. The molecule has 1 aliphatic heterocycles. The summed E-state index contributed by atoms with van der Waals surface area (Å²) in [6, 6.07) is 9.95. The second-order valence-electron chi connectivity index (χ2n) is 7.43. The number of methoxy groups -OCH3 is 1. The molecule has 9 heteroatoms. The van der Waals surface area contributed by atoms with Gasteiger partial charge in [-0.25, -0.2) is 9.98 Å². The molecule has 0 bridgehead atoms. The maximum absolute atomic E-state index is 5.59. The van der Waals surface area contributed by atoms with Gasteiger partial charge < -0.3 is 29.9 Å². The molecule has 32 heavy (non-hydrogen) atoms. The van der Waals surface area contributed by atoms with Crippen LogP contribution < -0.4 is 25.0 Å². The first-order chi connectivity index (χ1) is 15.1. The molecule has 2 N–H and O–H groups in total. The Kier molecular flexibility index (Phi) is 10.8. The van der Waals surface area contributed by atoms with E-state index in [0.29, 0.717) is 24.9 Å². The highest BCUT2D eigenvalue weighted by Gasteiger charge is 2.15. The zero-order chi connectivity index (χ0) is 22.1. The molecule has 0 spiro atoms. The minimum Gasteiger partial charge on any atom is -0.493 e. The van der Waals surface area contributed by atoms with Crippen LogP contribution in [0.3, 0.4) is 0 Å². The van der Waals surface area contributed by atoms with Crippen LogP contribution in [-0.2, 0) is 6.54 Å². The largest absolute Gasteiger partial charge is 0.493 e. The Hall–Kier alpha value is -2.27. The Morgan fingerprint density at radius 2 is 1.88 bits per heavy atom. The quantitative estimate of drug-likeness (QED) is 0.294. The number of halogens is 1. The van der Waals surface area contributed by atoms with Gasteiger partial charge in [0.05, 0.1) is 20.3 Å². The smallest absolute Gasteiger partial charge is 0.196 e. The van der Waals surface area contributed by atoms with Gasteiger partial charge in [-0.05, 0) is 44.7 Å². The number of piperazine rings is 1. The van der Waals surface area contributed by atoms with Crippen LogP contribution in [0.4, 0.5) is 11.5 Å². The highest BCUT2D eigenvalue weighted by molar-refractivity contribution is 14.0. The number of hydrogen-bond acceptors (Lipinski definition) is 6. The fourth-order valence-electron chi connectivity index (χ4n) is 3.37. The summed E-state index contributed by atoms with van der Waals surface area (Å²) in [7, 11) is 3.80. The van der Waals surface area contributed by atoms with Crippen molar-refractivity contribution in [2.75, 3.05) is 63.7 Å². The minimum atomic E-state index is 0. The Balaban J connectivity index is 0.00000363. The third-order valence-corrected chi connectivity index (χ3v) is 5.13. The molecule has 1 fully saturated rings. The summed E-state index contributed by atoms with van der Waals surface area (Å²) >= 11 is 0. The average molecular weight is 554 g/mol. The lowest BCUT2D eigenvalue weighted by Gasteiger charge is -2.33. The summed E-state index contributed by atoms with van der Waals surface area (Å²) < 4.78 is 11.0. The molecule has 8 nitrogen and oxygen atoms in total. The molecule has 0 atom stereocenters. The standard InChI is InChI=1S/C23H34N6O2.HI/c1-5-24-23(27-19-8-9-20(31-6-2)21(15-19)30-4)26-17-18-7-10-22(25-16-18)29-13-11-28(3)12-14-29;/h7-10,15-16H,5-6,11-14,17H2,1-4H3,(H2,24,26,27);1H. The van der Waals surface area contributed by atoms with Crippen molar-refractivity contribution in [3.63, 3.8) is 0 Å². The van der Waals surface area contributed by atoms with Crippen molar-refractivity contribution in [3.05, 3.63) is 42.1 Å². The monoisotopic (exact) mass is 554 g/mol. The summed E-state index contributed by atoms with van der Waals surface area (Å²) in [6.45, 7) is 10.1. The lowest BCUT2D eigenvalue weighted by molar-refractivity contribution is 0.311. The summed E-state index contributed by atoms with van der Waals surface area (Å²) in [5.41, 5.74) is 1.95. The maximum Gasteiger partial charge on any atom is 0.196 e. The lowest BCUT2D eigenvalue weighted by atomic mass is 10.2. The molecule has 2 heterocycles. The van der Waals surface area contributed by atoms with Crippen LogP contribution >= 0.6 is 24.0 Å². The fourth-order valence-corrected chi connectivity index (χ4v) is 3.37. The Morgan fingerprint density at radius 1 is 1.09 bits per heavy atom. The number of nitrogens with zero attached hydrogens (tertiary/aromatic N) is 4. The van der Waals surface area contributed by atoms with E-state index >= 15 is 0 Å². The number of ether oxygens (including phenoxy) is 2. The second kappa shape index (κ2) is 13.3. The number of guanidine groups is 1. The molecule has 0 saturated carbocycles. The molecule has 3 rings (SSSR count). The van der Waals surface area contributed by atoms with Crippen LogP contribution in [0, 0.1) is 0 Å². The van der Waals surface area contributed by atoms with E-state index < -0.39 is 0 Å². The number of nitrogens with one attached hydrogen (secondary N) is 2. The maximum atomic E-state index is 5.59. The van der Waals surface area contributed by atoms with Gasteiger partial charge in [0.15, 0.2) is 17.5 Å². The van der Waals surface area contributed by atoms with E-state index in [2.05, 4.69) is 44.6 Å². The van der Waals surface area contributed by atoms with Crippen LogP contribution in [0.15, 0.2) is 41.5 Å². The van der Waals surface area contributed by atoms with Crippen molar-refractivity contribution in [2.24, 2.45) is 4.99 Å². The third-order valence-electron chi connectivity index (χ3n) is 5.13. The fraction of sp³-hybridized carbons (Fsp3) is 0.478. The number of likely N-dealkylation sites (N-methyl/N-ethyl adjacent to an activating group) is 1. The molecule has 2 aromatic rings. The summed E-state index contributed by atoms with van der Waals surface area (Å²) in [4.78, 5) is 14.0. The van der Waals surface area contributed by atoms with E-state index in [-0.39, 0.29) is 24.0 Å². The topological polar surface area (TPSA) is 74.3 Å². The van der Waals surface area contributed by atoms with Crippen LogP contribution in [0.5, 0.6) is 11.5 Å². The molecule has 176 valence electrons. The first kappa shape index (κ1) is 26.0. The van der Waals surface area contributed by atoms with Crippen LogP contribution in [0.1, 0.15) is 19.4 Å². The number of aliphatic imine (C=N–C) groups is 1. The molecule has 1 aromatic heterocycles. The Bertz CT molecular complexity index is 854. The van der Waals surface area contributed by atoms with Crippen molar-refractivity contribution in [1.29, 1.82) is 0 Å². The summed E-state index contributed by atoms with van der Waals surface area (Å²) in [6.07, 6.45) is 1.92. The van der Waals surface area contributed by atoms with Gasteiger partial charge in [-0.1, -0.05) is 6.07 Å². The minimum absolute atomic E-state index is 0. The third kappa shape index (κ3) is 7.40. The van der Waals surface area contributed by atoms with E-state index in [0.717, 1.165) is 55.5 Å². The Morgan fingerprint density at radius 3 is 2.50 bits per heavy atom. The second-order valence-corrected chi connectivity index (χ2v) is 7.43. The number of hydrogen-bond donors (Lipinski definition) is 2. The SMILES string of the molecule is CCNC(=NCc1ccc(N2CCN(C)CC2)nc1)Nc1ccc(OCC)c(OC)c1.I. The molecule has 0 aliphatic carbocycles. The lowest BCUT2D eigenvalue weighted by Crippen LogP contribution is -2.44. The van der Waals surface area contributed by atoms with Crippen molar-refractivity contribution >= 4 is 41.4 Å². The molecule has 1 aliphatic rings. The van der Waals surface area contributed by atoms with E-state index in [1.165, 1.54) is 0 Å².